The third kappa shape index (κ3) is 5.39. The Morgan fingerprint density at radius 2 is 1.85 bits per heavy atom. The SMILES string of the molecule is CC1(C)O[C@H]2O[C@H]([C@H]3COC(C)(C)O3)[C@@H](OC[C@H](O)CN3CCN(c4ccccn4)CC3)[C@H]2O1. The molecule has 10 heteroatoms. The minimum atomic E-state index is -0.750. The van der Waals surface area contributed by atoms with Crippen LogP contribution in [0.2, 0.25) is 0 Å². The second-order valence-corrected chi connectivity index (χ2v) is 10.4. The molecule has 0 bridgehead atoms. The maximum absolute atomic E-state index is 10.8. The Morgan fingerprint density at radius 1 is 1.06 bits per heavy atom. The number of aliphatic hydroxyl groups excluding tert-OH is 1. The van der Waals surface area contributed by atoms with E-state index in [4.69, 9.17) is 28.4 Å². The summed E-state index contributed by atoms with van der Waals surface area (Å²) in [5.41, 5.74) is 0. The average molecular weight is 480 g/mol. The smallest absolute Gasteiger partial charge is 0.190 e. The van der Waals surface area contributed by atoms with Crippen molar-refractivity contribution in [3.8, 4) is 0 Å². The molecule has 4 fully saturated rings. The Labute approximate surface area is 201 Å². The van der Waals surface area contributed by atoms with Crippen LogP contribution in [0.4, 0.5) is 5.82 Å². The van der Waals surface area contributed by atoms with E-state index in [0.717, 1.165) is 32.0 Å². The zero-order chi connectivity index (χ0) is 23.9. The highest BCUT2D eigenvalue weighted by atomic mass is 16.8. The number of aliphatic hydroxyl groups is 1. The predicted molar refractivity (Wildman–Crippen MR) is 122 cm³/mol. The van der Waals surface area contributed by atoms with Gasteiger partial charge in [-0.2, -0.15) is 0 Å². The molecule has 190 valence electrons. The molecule has 5 heterocycles. The van der Waals surface area contributed by atoms with Gasteiger partial charge in [0.2, 0.25) is 0 Å². The molecule has 34 heavy (non-hydrogen) atoms. The predicted octanol–water partition coefficient (Wildman–Crippen LogP) is 0.978. The van der Waals surface area contributed by atoms with E-state index in [1.807, 2.05) is 52.1 Å². The number of piperazine rings is 1. The van der Waals surface area contributed by atoms with Gasteiger partial charge in [0.25, 0.3) is 0 Å². The largest absolute Gasteiger partial charge is 0.389 e. The first-order valence-electron chi connectivity index (χ1n) is 12.2. The van der Waals surface area contributed by atoms with Crippen molar-refractivity contribution >= 4 is 5.82 Å². The molecule has 1 aromatic heterocycles. The van der Waals surface area contributed by atoms with Crippen LogP contribution in [-0.4, -0.2) is 109 Å². The number of ether oxygens (including phenoxy) is 6. The molecular formula is C24H37N3O7. The van der Waals surface area contributed by atoms with E-state index >= 15 is 0 Å². The van der Waals surface area contributed by atoms with E-state index in [2.05, 4.69) is 14.8 Å². The lowest BCUT2D eigenvalue weighted by molar-refractivity contribution is -0.237. The highest BCUT2D eigenvalue weighted by Crippen LogP contribution is 2.42. The quantitative estimate of drug-likeness (QED) is 0.610. The molecule has 6 atom stereocenters. The summed E-state index contributed by atoms with van der Waals surface area (Å²) in [4.78, 5) is 8.96. The molecule has 4 aliphatic rings. The molecule has 10 nitrogen and oxygen atoms in total. The number of hydrogen-bond acceptors (Lipinski definition) is 10. The fourth-order valence-electron chi connectivity index (χ4n) is 5.14. The van der Waals surface area contributed by atoms with Gasteiger partial charge in [-0.25, -0.2) is 4.98 Å². The van der Waals surface area contributed by atoms with Gasteiger partial charge in [0.1, 0.15) is 30.2 Å². The van der Waals surface area contributed by atoms with Crippen LogP contribution in [0.15, 0.2) is 24.4 Å². The van der Waals surface area contributed by atoms with Crippen LogP contribution in [0.5, 0.6) is 0 Å². The Hall–Kier alpha value is -1.37. The zero-order valence-electron chi connectivity index (χ0n) is 20.5. The summed E-state index contributed by atoms with van der Waals surface area (Å²) in [7, 11) is 0. The van der Waals surface area contributed by atoms with Crippen LogP contribution in [0.1, 0.15) is 27.7 Å². The van der Waals surface area contributed by atoms with Gasteiger partial charge in [0.15, 0.2) is 17.9 Å². The van der Waals surface area contributed by atoms with Crippen molar-refractivity contribution in [1.29, 1.82) is 0 Å². The lowest BCUT2D eigenvalue weighted by Gasteiger charge is -2.36. The molecule has 5 rings (SSSR count). The first kappa shape index (κ1) is 24.3. The second kappa shape index (κ2) is 9.59. The van der Waals surface area contributed by atoms with Crippen LogP contribution < -0.4 is 4.90 Å². The first-order chi connectivity index (χ1) is 16.2. The van der Waals surface area contributed by atoms with Crippen LogP contribution in [0.25, 0.3) is 0 Å². The molecule has 0 radical (unpaired) electrons. The van der Waals surface area contributed by atoms with E-state index in [9.17, 15) is 5.11 Å². The van der Waals surface area contributed by atoms with Crippen LogP contribution in [-0.2, 0) is 28.4 Å². The molecule has 0 unspecified atom stereocenters. The monoisotopic (exact) mass is 479 g/mol. The Balaban J connectivity index is 1.14. The standard InChI is InChI=1S/C24H37N3O7/c1-23(2)30-15-17(32-23)19-20(21-22(31-19)34-24(3,4)33-21)29-14-16(28)13-26-9-11-27(12-10-26)18-7-5-6-8-25-18/h5-8,16-17,19-22,28H,9-15H2,1-4H3/t16-,17-,19-,20-,21-,22-/m1/s1. The van der Waals surface area contributed by atoms with Crippen molar-refractivity contribution in [1.82, 2.24) is 9.88 Å². The number of pyridine rings is 1. The maximum Gasteiger partial charge on any atom is 0.190 e. The van der Waals surface area contributed by atoms with Crippen molar-refractivity contribution in [3.63, 3.8) is 0 Å². The minimum absolute atomic E-state index is 0.176. The molecule has 0 spiro atoms. The normalized spacial score (nSPS) is 36.0. The van der Waals surface area contributed by atoms with Gasteiger partial charge in [0.05, 0.1) is 19.3 Å². The van der Waals surface area contributed by atoms with Gasteiger partial charge in [-0.15, -0.1) is 0 Å². The molecule has 0 saturated carbocycles. The van der Waals surface area contributed by atoms with Gasteiger partial charge in [-0.1, -0.05) is 6.07 Å². The Kier molecular flexibility index (Phi) is 6.86. The third-order valence-electron chi connectivity index (χ3n) is 6.72. The van der Waals surface area contributed by atoms with E-state index in [0.29, 0.717) is 13.2 Å². The van der Waals surface area contributed by atoms with Crippen molar-refractivity contribution in [2.75, 3.05) is 50.8 Å². The lowest BCUT2D eigenvalue weighted by Crippen LogP contribution is -2.50. The molecule has 0 amide bonds. The number of fused-ring (bicyclic) bond motifs is 1. The average Bonchev–Trinajstić information content (AvgIpc) is 3.42. The number of nitrogens with zero attached hydrogens (tertiary/aromatic N) is 3. The number of anilines is 1. The highest BCUT2D eigenvalue weighted by molar-refractivity contribution is 5.38. The molecule has 0 aromatic carbocycles. The number of hydrogen-bond donors (Lipinski definition) is 1. The van der Waals surface area contributed by atoms with Crippen molar-refractivity contribution in [2.24, 2.45) is 0 Å². The molecule has 4 saturated heterocycles. The maximum atomic E-state index is 10.8. The Bertz CT molecular complexity index is 818. The third-order valence-corrected chi connectivity index (χ3v) is 6.72. The van der Waals surface area contributed by atoms with Crippen molar-refractivity contribution < 1.29 is 33.5 Å². The second-order valence-electron chi connectivity index (χ2n) is 10.4. The van der Waals surface area contributed by atoms with E-state index < -0.39 is 36.2 Å². The topological polar surface area (TPSA) is 95.0 Å². The molecule has 1 aromatic rings. The number of rotatable bonds is 7. The fourth-order valence-corrected chi connectivity index (χ4v) is 5.14. The summed E-state index contributed by atoms with van der Waals surface area (Å²) in [6, 6.07) is 5.96. The summed E-state index contributed by atoms with van der Waals surface area (Å²) in [5, 5.41) is 10.8. The Morgan fingerprint density at radius 3 is 2.53 bits per heavy atom. The summed E-state index contributed by atoms with van der Waals surface area (Å²) >= 11 is 0. The summed E-state index contributed by atoms with van der Waals surface area (Å²) in [5.74, 6) is -0.426. The van der Waals surface area contributed by atoms with Gasteiger partial charge in [-0.3, -0.25) is 4.90 Å². The van der Waals surface area contributed by atoms with E-state index in [-0.39, 0.29) is 18.8 Å². The highest BCUT2D eigenvalue weighted by Gasteiger charge is 2.59. The van der Waals surface area contributed by atoms with Crippen LogP contribution in [0.3, 0.4) is 0 Å². The van der Waals surface area contributed by atoms with Crippen molar-refractivity contribution in [3.05, 3.63) is 24.4 Å². The van der Waals surface area contributed by atoms with Gasteiger partial charge in [0, 0.05) is 38.9 Å². The van der Waals surface area contributed by atoms with E-state index in [1.165, 1.54) is 0 Å². The van der Waals surface area contributed by atoms with Gasteiger partial charge < -0.3 is 38.4 Å². The molecule has 0 aliphatic carbocycles. The van der Waals surface area contributed by atoms with Gasteiger partial charge >= 0.3 is 0 Å². The van der Waals surface area contributed by atoms with Gasteiger partial charge in [-0.05, 0) is 39.8 Å². The fraction of sp³-hybridized carbons (Fsp3) is 0.792. The van der Waals surface area contributed by atoms with E-state index in [1.54, 1.807) is 0 Å². The zero-order valence-corrected chi connectivity index (χ0v) is 20.5. The summed E-state index contributed by atoms with van der Waals surface area (Å²) < 4.78 is 36.2. The molecular weight excluding hydrogens is 442 g/mol. The van der Waals surface area contributed by atoms with Crippen LogP contribution >= 0.6 is 0 Å². The lowest BCUT2D eigenvalue weighted by atomic mass is 10.1. The molecule has 1 N–H and O–H groups in total. The summed E-state index contributed by atoms with van der Waals surface area (Å²) in [6.45, 7) is 12.1. The first-order valence-corrected chi connectivity index (χ1v) is 12.2. The number of aromatic nitrogens is 1. The number of β-amino-alcohol motifs (C(OH)–C–C–N with tert-alkyl or cyclic N) is 1. The van der Waals surface area contributed by atoms with Crippen molar-refractivity contribution in [2.45, 2.75) is 76.1 Å². The molecule has 4 aliphatic heterocycles. The summed E-state index contributed by atoms with van der Waals surface area (Å²) in [6.07, 6.45) is -0.856. The van der Waals surface area contributed by atoms with Crippen LogP contribution in [0, 0.1) is 0 Å². The minimum Gasteiger partial charge on any atom is -0.389 e.